The van der Waals surface area contributed by atoms with Crippen molar-refractivity contribution in [3.63, 3.8) is 0 Å². The van der Waals surface area contributed by atoms with Gasteiger partial charge in [-0.1, -0.05) is 49.7 Å². The monoisotopic (exact) mass is 360 g/mol. The minimum Gasteiger partial charge on any atom is -0.483 e. The van der Waals surface area contributed by atoms with E-state index < -0.39 is 11.8 Å². The zero-order valence-electron chi connectivity index (χ0n) is 14.4. The molecule has 0 spiro atoms. The van der Waals surface area contributed by atoms with Gasteiger partial charge in [0, 0.05) is 0 Å². The molecule has 0 heterocycles. The van der Waals surface area contributed by atoms with Gasteiger partial charge in [0.25, 0.3) is 11.8 Å². The van der Waals surface area contributed by atoms with Crippen LogP contribution in [-0.4, -0.2) is 18.4 Å². The van der Waals surface area contributed by atoms with Crippen molar-refractivity contribution < 1.29 is 14.3 Å². The standard InChI is InChI=1S/C19H21ClN2O3/c1-12(2)14-9-8-13(3)10-17(14)25-11-18(23)21-22-19(24)15-6-4-5-7-16(15)20/h4-10,12H,11H2,1-3H3,(H,21,23)(H,22,24). The fraction of sp³-hybridized carbons (Fsp3) is 0.263. The molecule has 5 nitrogen and oxygen atoms in total. The first-order chi connectivity index (χ1) is 11.9. The number of rotatable bonds is 5. The number of hydrazine groups is 1. The maximum Gasteiger partial charge on any atom is 0.276 e. The van der Waals surface area contributed by atoms with Gasteiger partial charge in [-0.15, -0.1) is 0 Å². The molecule has 0 saturated carbocycles. The minimum absolute atomic E-state index is 0.202. The average molecular weight is 361 g/mol. The van der Waals surface area contributed by atoms with Crippen molar-refractivity contribution in [1.29, 1.82) is 0 Å². The summed E-state index contributed by atoms with van der Waals surface area (Å²) in [7, 11) is 0. The Kier molecular flexibility index (Phi) is 6.42. The van der Waals surface area contributed by atoms with Crippen molar-refractivity contribution in [3.05, 3.63) is 64.2 Å². The summed E-state index contributed by atoms with van der Waals surface area (Å²) in [6, 6.07) is 12.5. The number of ether oxygens (including phenoxy) is 1. The predicted molar refractivity (Wildman–Crippen MR) is 97.8 cm³/mol. The molecule has 0 aliphatic heterocycles. The van der Waals surface area contributed by atoms with E-state index in [1.54, 1.807) is 24.3 Å². The zero-order chi connectivity index (χ0) is 18.4. The van der Waals surface area contributed by atoms with E-state index >= 15 is 0 Å². The SMILES string of the molecule is Cc1ccc(C(C)C)c(OCC(=O)NNC(=O)c2ccccc2Cl)c1. The molecule has 2 N–H and O–H groups in total. The highest BCUT2D eigenvalue weighted by Gasteiger charge is 2.12. The van der Waals surface area contributed by atoms with Gasteiger partial charge in [-0.3, -0.25) is 20.4 Å². The molecule has 2 rings (SSSR count). The van der Waals surface area contributed by atoms with Crippen LogP contribution >= 0.6 is 11.6 Å². The lowest BCUT2D eigenvalue weighted by atomic mass is 10.0. The van der Waals surface area contributed by atoms with Crippen molar-refractivity contribution >= 4 is 23.4 Å². The summed E-state index contributed by atoms with van der Waals surface area (Å²) in [5.41, 5.74) is 7.00. The minimum atomic E-state index is -0.489. The second-order valence-corrected chi connectivity index (χ2v) is 6.37. The molecule has 6 heteroatoms. The van der Waals surface area contributed by atoms with E-state index in [1.165, 1.54) is 0 Å². The number of benzene rings is 2. The first kappa shape index (κ1) is 18.8. The summed E-state index contributed by atoms with van der Waals surface area (Å²) in [5, 5.41) is 0.312. The Bertz CT molecular complexity index is 775. The number of amides is 2. The van der Waals surface area contributed by atoms with Gasteiger partial charge < -0.3 is 4.74 Å². The Hall–Kier alpha value is -2.53. The molecule has 25 heavy (non-hydrogen) atoms. The third-order valence-corrected chi connectivity index (χ3v) is 3.91. The Morgan fingerprint density at radius 1 is 1.12 bits per heavy atom. The van der Waals surface area contributed by atoms with Gasteiger partial charge in [0.15, 0.2) is 6.61 Å². The van der Waals surface area contributed by atoms with Crippen molar-refractivity contribution in [1.82, 2.24) is 10.9 Å². The van der Waals surface area contributed by atoms with E-state index in [0.717, 1.165) is 11.1 Å². The van der Waals surface area contributed by atoms with E-state index in [0.29, 0.717) is 10.8 Å². The highest BCUT2D eigenvalue weighted by atomic mass is 35.5. The van der Waals surface area contributed by atoms with Gasteiger partial charge in [-0.05, 0) is 42.2 Å². The first-order valence-electron chi connectivity index (χ1n) is 7.95. The van der Waals surface area contributed by atoms with E-state index in [2.05, 4.69) is 24.7 Å². The van der Waals surface area contributed by atoms with Crippen LogP contribution in [0.25, 0.3) is 0 Å². The number of carbonyl (C=O) groups excluding carboxylic acids is 2. The lowest BCUT2D eigenvalue weighted by Gasteiger charge is -2.15. The van der Waals surface area contributed by atoms with Crippen LogP contribution in [0.3, 0.4) is 0 Å². The van der Waals surface area contributed by atoms with Gasteiger partial charge in [0.2, 0.25) is 0 Å². The fourth-order valence-electron chi connectivity index (χ4n) is 2.26. The molecular weight excluding hydrogens is 340 g/mol. The second kappa shape index (κ2) is 8.53. The number of aryl methyl sites for hydroxylation is 1. The first-order valence-corrected chi connectivity index (χ1v) is 8.33. The van der Waals surface area contributed by atoms with Crippen molar-refractivity contribution in [3.8, 4) is 5.75 Å². The molecule has 0 saturated heterocycles. The van der Waals surface area contributed by atoms with Gasteiger partial charge >= 0.3 is 0 Å². The molecule has 0 atom stereocenters. The topological polar surface area (TPSA) is 67.4 Å². The smallest absolute Gasteiger partial charge is 0.276 e. The zero-order valence-corrected chi connectivity index (χ0v) is 15.2. The molecule has 2 aromatic carbocycles. The van der Waals surface area contributed by atoms with Crippen molar-refractivity contribution in [2.24, 2.45) is 0 Å². The Labute approximate surface area is 152 Å². The largest absolute Gasteiger partial charge is 0.483 e. The highest BCUT2D eigenvalue weighted by molar-refractivity contribution is 6.33. The molecule has 0 radical (unpaired) electrons. The lowest BCUT2D eigenvalue weighted by Crippen LogP contribution is -2.43. The summed E-state index contributed by atoms with van der Waals surface area (Å²) in [6.07, 6.45) is 0. The van der Waals surface area contributed by atoms with E-state index in [9.17, 15) is 9.59 Å². The van der Waals surface area contributed by atoms with Gasteiger partial charge in [0.1, 0.15) is 5.75 Å². The maximum atomic E-state index is 12.0. The third-order valence-electron chi connectivity index (χ3n) is 3.58. The Morgan fingerprint density at radius 3 is 2.52 bits per heavy atom. The number of carbonyl (C=O) groups is 2. The molecular formula is C19H21ClN2O3. The van der Waals surface area contributed by atoms with Crippen LogP contribution in [0, 0.1) is 6.92 Å². The van der Waals surface area contributed by atoms with Crippen LogP contribution in [-0.2, 0) is 4.79 Å². The van der Waals surface area contributed by atoms with E-state index in [4.69, 9.17) is 16.3 Å². The number of nitrogens with one attached hydrogen (secondary N) is 2. The second-order valence-electron chi connectivity index (χ2n) is 5.97. The van der Waals surface area contributed by atoms with Gasteiger partial charge in [0.05, 0.1) is 10.6 Å². The summed E-state index contributed by atoms with van der Waals surface area (Å²) in [6.45, 7) is 5.87. The van der Waals surface area contributed by atoms with E-state index in [1.807, 2.05) is 25.1 Å². The Balaban J connectivity index is 1.90. The van der Waals surface area contributed by atoms with Crippen molar-refractivity contribution in [2.75, 3.05) is 6.61 Å². The van der Waals surface area contributed by atoms with E-state index in [-0.39, 0.29) is 18.1 Å². The summed E-state index contributed by atoms with van der Waals surface area (Å²) >= 11 is 5.94. The highest BCUT2D eigenvalue weighted by Crippen LogP contribution is 2.27. The third kappa shape index (κ3) is 5.22. The predicted octanol–water partition coefficient (Wildman–Crippen LogP) is 3.61. The van der Waals surface area contributed by atoms with Crippen LogP contribution in [0.2, 0.25) is 5.02 Å². The number of hydrogen-bond donors (Lipinski definition) is 2. The van der Waals surface area contributed by atoms with Crippen LogP contribution < -0.4 is 15.6 Å². The summed E-state index contributed by atoms with van der Waals surface area (Å²) < 4.78 is 5.61. The van der Waals surface area contributed by atoms with Crippen LogP contribution in [0.4, 0.5) is 0 Å². The molecule has 2 amide bonds. The molecule has 0 aromatic heterocycles. The van der Waals surface area contributed by atoms with Crippen molar-refractivity contribution in [2.45, 2.75) is 26.7 Å². The maximum absolute atomic E-state index is 12.0. The molecule has 132 valence electrons. The van der Waals surface area contributed by atoms with Crippen LogP contribution in [0.1, 0.15) is 41.3 Å². The van der Waals surface area contributed by atoms with Gasteiger partial charge in [-0.2, -0.15) is 0 Å². The summed E-state index contributed by atoms with van der Waals surface area (Å²) in [5.74, 6) is -0.00448. The molecule has 0 bridgehead atoms. The van der Waals surface area contributed by atoms with Crippen LogP contribution in [0.5, 0.6) is 5.75 Å². The quantitative estimate of drug-likeness (QED) is 0.800. The molecule has 0 aliphatic rings. The molecule has 0 aliphatic carbocycles. The average Bonchev–Trinajstić information content (AvgIpc) is 2.58. The van der Waals surface area contributed by atoms with Gasteiger partial charge in [-0.25, -0.2) is 0 Å². The fourth-order valence-corrected chi connectivity index (χ4v) is 2.48. The molecule has 0 fully saturated rings. The van der Waals surface area contributed by atoms with Crippen LogP contribution in [0.15, 0.2) is 42.5 Å². The molecule has 2 aromatic rings. The number of halogens is 1. The normalized spacial score (nSPS) is 10.4. The number of hydrogen-bond acceptors (Lipinski definition) is 3. The summed E-state index contributed by atoms with van der Waals surface area (Å²) in [4.78, 5) is 23.9. The molecule has 0 unspecified atom stereocenters. The lowest BCUT2D eigenvalue weighted by molar-refractivity contribution is -0.123. The Morgan fingerprint density at radius 2 is 1.84 bits per heavy atom.